The van der Waals surface area contributed by atoms with Crippen molar-refractivity contribution < 1.29 is 14.3 Å². The first-order valence-electron chi connectivity index (χ1n) is 9.03. The second-order valence-electron chi connectivity index (χ2n) is 7.40. The molecule has 0 radical (unpaired) electrons. The van der Waals surface area contributed by atoms with Crippen LogP contribution in [0, 0.1) is 13.8 Å². The minimum atomic E-state index is -0.583. The molecule has 0 unspecified atom stereocenters. The molecule has 4 rings (SSSR count). The smallest absolute Gasteiger partial charge is 0.255 e. The molecule has 0 bridgehead atoms. The molecule has 3 aromatic rings. The van der Waals surface area contributed by atoms with E-state index in [-0.39, 0.29) is 5.91 Å². The third-order valence-electron chi connectivity index (χ3n) is 4.87. The SMILES string of the molecule is Cc1cc(C)n2ccc(C(=O)NC(C)(C)c3ccc4c(c3)OCCO4)c2n1. The Morgan fingerprint density at radius 3 is 2.63 bits per heavy atom. The van der Waals surface area contributed by atoms with Crippen molar-refractivity contribution in [2.24, 2.45) is 0 Å². The van der Waals surface area contributed by atoms with Crippen molar-refractivity contribution in [1.29, 1.82) is 0 Å². The van der Waals surface area contributed by atoms with Crippen LogP contribution < -0.4 is 14.8 Å². The summed E-state index contributed by atoms with van der Waals surface area (Å²) in [6.45, 7) is 8.96. The lowest BCUT2D eigenvalue weighted by Gasteiger charge is -2.28. The van der Waals surface area contributed by atoms with Crippen LogP contribution in [0.4, 0.5) is 0 Å². The third kappa shape index (κ3) is 3.12. The second-order valence-corrected chi connectivity index (χ2v) is 7.40. The summed E-state index contributed by atoms with van der Waals surface area (Å²) in [6, 6.07) is 9.58. The van der Waals surface area contributed by atoms with E-state index in [2.05, 4.69) is 10.3 Å². The average molecular weight is 365 g/mol. The Balaban J connectivity index is 1.64. The van der Waals surface area contributed by atoms with Crippen LogP contribution >= 0.6 is 0 Å². The summed E-state index contributed by atoms with van der Waals surface area (Å²) in [5, 5.41) is 3.12. The fraction of sp³-hybridized carbons (Fsp3) is 0.333. The molecule has 3 heterocycles. The highest BCUT2D eigenvalue weighted by molar-refractivity contribution is 6.00. The number of rotatable bonds is 3. The molecule has 6 heteroatoms. The van der Waals surface area contributed by atoms with Crippen LogP contribution in [0.3, 0.4) is 0 Å². The predicted molar refractivity (Wildman–Crippen MR) is 103 cm³/mol. The molecule has 1 N–H and O–H groups in total. The van der Waals surface area contributed by atoms with E-state index in [1.54, 1.807) is 0 Å². The molecule has 1 aliphatic rings. The minimum absolute atomic E-state index is 0.158. The van der Waals surface area contributed by atoms with Crippen molar-refractivity contribution in [3.63, 3.8) is 0 Å². The number of nitrogens with zero attached hydrogens (tertiary/aromatic N) is 2. The molecule has 0 atom stereocenters. The summed E-state index contributed by atoms with van der Waals surface area (Å²) in [6.07, 6.45) is 1.88. The maximum atomic E-state index is 13.0. The highest BCUT2D eigenvalue weighted by Crippen LogP contribution is 2.34. The Labute approximate surface area is 158 Å². The Morgan fingerprint density at radius 2 is 1.85 bits per heavy atom. The van der Waals surface area contributed by atoms with Crippen LogP contribution in [0.25, 0.3) is 5.65 Å². The van der Waals surface area contributed by atoms with Gasteiger partial charge in [0.1, 0.15) is 18.9 Å². The molecular weight excluding hydrogens is 342 g/mol. The van der Waals surface area contributed by atoms with Crippen LogP contribution in [0.2, 0.25) is 0 Å². The first-order valence-corrected chi connectivity index (χ1v) is 9.03. The minimum Gasteiger partial charge on any atom is -0.486 e. The van der Waals surface area contributed by atoms with Gasteiger partial charge in [-0.25, -0.2) is 4.98 Å². The number of aromatic nitrogens is 2. The molecule has 0 spiro atoms. The van der Waals surface area contributed by atoms with Gasteiger partial charge in [-0.1, -0.05) is 6.07 Å². The standard InChI is InChI=1S/C21H23N3O3/c1-13-11-14(2)24-8-7-16(19(24)22-13)20(25)23-21(3,4)15-5-6-17-18(12-15)27-10-9-26-17/h5-8,11-12H,9-10H2,1-4H3,(H,23,25). The molecule has 27 heavy (non-hydrogen) atoms. The van der Waals surface area contributed by atoms with Crippen molar-refractivity contribution in [3.05, 3.63) is 59.0 Å². The number of carbonyl (C=O) groups excluding carboxylic acids is 1. The molecule has 1 aromatic carbocycles. The van der Waals surface area contributed by atoms with E-state index in [0.717, 1.165) is 22.7 Å². The van der Waals surface area contributed by atoms with E-state index in [4.69, 9.17) is 9.47 Å². The monoisotopic (exact) mass is 365 g/mol. The number of fused-ring (bicyclic) bond motifs is 2. The van der Waals surface area contributed by atoms with Crippen LogP contribution in [0.15, 0.2) is 36.5 Å². The lowest BCUT2D eigenvalue weighted by molar-refractivity contribution is 0.0913. The Morgan fingerprint density at radius 1 is 1.11 bits per heavy atom. The number of amides is 1. The third-order valence-corrected chi connectivity index (χ3v) is 4.87. The number of carbonyl (C=O) groups is 1. The van der Waals surface area contributed by atoms with Gasteiger partial charge in [0, 0.05) is 17.6 Å². The number of hydrogen-bond acceptors (Lipinski definition) is 4. The molecular formula is C21H23N3O3. The lowest BCUT2D eigenvalue weighted by Crippen LogP contribution is -2.41. The molecule has 1 aliphatic heterocycles. The van der Waals surface area contributed by atoms with E-state index >= 15 is 0 Å². The zero-order valence-corrected chi connectivity index (χ0v) is 16.0. The van der Waals surface area contributed by atoms with Gasteiger partial charge in [0.05, 0.1) is 11.1 Å². The molecule has 2 aromatic heterocycles. The van der Waals surface area contributed by atoms with Gasteiger partial charge in [-0.05, 0) is 57.5 Å². The highest BCUT2D eigenvalue weighted by Gasteiger charge is 2.27. The quantitative estimate of drug-likeness (QED) is 0.773. The fourth-order valence-corrected chi connectivity index (χ4v) is 3.43. The van der Waals surface area contributed by atoms with Gasteiger partial charge < -0.3 is 19.2 Å². The number of nitrogens with one attached hydrogen (secondary N) is 1. The Hall–Kier alpha value is -3.02. The first kappa shape index (κ1) is 17.4. The number of hydrogen-bond donors (Lipinski definition) is 1. The summed E-state index contributed by atoms with van der Waals surface area (Å²) >= 11 is 0. The van der Waals surface area contributed by atoms with E-state index in [0.29, 0.717) is 30.2 Å². The van der Waals surface area contributed by atoms with Crippen molar-refractivity contribution in [3.8, 4) is 11.5 Å². The number of ether oxygens (including phenoxy) is 2. The van der Waals surface area contributed by atoms with Gasteiger partial charge >= 0.3 is 0 Å². The van der Waals surface area contributed by atoms with Gasteiger partial charge in [-0.15, -0.1) is 0 Å². The highest BCUT2D eigenvalue weighted by atomic mass is 16.6. The van der Waals surface area contributed by atoms with Crippen LogP contribution in [0.1, 0.15) is 41.2 Å². The van der Waals surface area contributed by atoms with E-state index in [1.165, 1.54) is 0 Å². The Bertz CT molecular complexity index is 1040. The van der Waals surface area contributed by atoms with Gasteiger partial charge in [0.2, 0.25) is 0 Å². The maximum Gasteiger partial charge on any atom is 0.255 e. The zero-order chi connectivity index (χ0) is 19.2. The number of aryl methyl sites for hydroxylation is 2. The van der Waals surface area contributed by atoms with Crippen molar-refractivity contribution in [2.45, 2.75) is 33.2 Å². The fourth-order valence-electron chi connectivity index (χ4n) is 3.43. The van der Waals surface area contributed by atoms with E-state index in [1.807, 2.05) is 68.6 Å². The Kier molecular flexibility index (Phi) is 4.06. The average Bonchev–Trinajstić information content (AvgIpc) is 3.05. The molecule has 0 saturated heterocycles. The van der Waals surface area contributed by atoms with Crippen molar-refractivity contribution in [1.82, 2.24) is 14.7 Å². The van der Waals surface area contributed by atoms with Gasteiger partial charge in [-0.2, -0.15) is 0 Å². The number of benzene rings is 1. The summed E-state index contributed by atoms with van der Waals surface area (Å²) in [7, 11) is 0. The van der Waals surface area contributed by atoms with E-state index < -0.39 is 5.54 Å². The van der Waals surface area contributed by atoms with Crippen LogP contribution in [0.5, 0.6) is 11.5 Å². The summed E-state index contributed by atoms with van der Waals surface area (Å²) < 4.78 is 13.2. The van der Waals surface area contributed by atoms with Crippen molar-refractivity contribution in [2.75, 3.05) is 13.2 Å². The second kappa shape index (κ2) is 6.30. The van der Waals surface area contributed by atoms with Crippen molar-refractivity contribution >= 4 is 11.6 Å². The topological polar surface area (TPSA) is 64.9 Å². The maximum absolute atomic E-state index is 13.0. The normalized spacial score (nSPS) is 13.6. The summed E-state index contributed by atoms with van der Waals surface area (Å²) in [5.41, 5.74) is 3.53. The van der Waals surface area contributed by atoms with Gasteiger partial charge in [-0.3, -0.25) is 4.79 Å². The van der Waals surface area contributed by atoms with Gasteiger partial charge in [0.15, 0.2) is 11.5 Å². The van der Waals surface area contributed by atoms with Crippen LogP contribution in [-0.4, -0.2) is 28.5 Å². The van der Waals surface area contributed by atoms with Gasteiger partial charge in [0.25, 0.3) is 5.91 Å². The molecule has 0 aliphatic carbocycles. The van der Waals surface area contributed by atoms with Crippen LogP contribution in [-0.2, 0) is 5.54 Å². The first-order chi connectivity index (χ1) is 12.8. The van der Waals surface area contributed by atoms with E-state index in [9.17, 15) is 4.79 Å². The summed E-state index contributed by atoms with van der Waals surface area (Å²) in [5.74, 6) is 1.29. The summed E-state index contributed by atoms with van der Waals surface area (Å²) in [4.78, 5) is 17.5. The molecule has 1 amide bonds. The molecule has 0 fully saturated rings. The largest absolute Gasteiger partial charge is 0.486 e. The molecule has 140 valence electrons. The zero-order valence-electron chi connectivity index (χ0n) is 16.0. The lowest BCUT2D eigenvalue weighted by atomic mass is 9.93. The molecule has 6 nitrogen and oxygen atoms in total. The predicted octanol–water partition coefficient (Wildman–Crippen LogP) is 3.39. The molecule has 0 saturated carbocycles.